The molecular formula is C11H12BrClN4O. The average molecular weight is 332 g/mol. The van der Waals surface area contributed by atoms with Crippen LogP contribution < -0.4 is 5.73 Å². The Morgan fingerprint density at radius 1 is 1.67 bits per heavy atom. The molecule has 0 spiro atoms. The minimum absolute atomic E-state index is 0.116. The van der Waals surface area contributed by atoms with E-state index in [0.29, 0.717) is 11.5 Å². The number of primary amides is 1. The Hall–Kier alpha value is -1.14. The van der Waals surface area contributed by atoms with E-state index < -0.39 is 0 Å². The Bertz CT molecular complexity index is 598. The summed E-state index contributed by atoms with van der Waals surface area (Å²) in [5.41, 5.74) is 6.68. The van der Waals surface area contributed by atoms with E-state index in [1.54, 1.807) is 6.20 Å². The third-order valence-corrected chi connectivity index (χ3v) is 3.30. The normalized spacial score (nSPS) is 12.8. The summed E-state index contributed by atoms with van der Waals surface area (Å²) >= 11 is 9.23. The lowest BCUT2D eigenvalue weighted by Gasteiger charge is -2.14. The minimum atomic E-state index is -0.359. The molecule has 0 aromatic carbocycles. The predicted octanol–water partition coefficient (Wildman–Crippen LogP) is 2.37. The summed E-state index contributed by atoms with van der Waals surface area (Å²) in [5.74, 6) is 0.588. The number of pyridine rings is 1. The highest BCUT2D eigenvalue weighted by Gasteiger charge is 2.18. The first-order chi connectivity index (χ1) is 8.52. The summed E-state index contributed by atoms with van der Waals surface area (Å²) < 4.78 is 2.71. The molecular weight excluding hydrogens is 320 g/mol. The molecule has 2 aromatic heterocycles. The Balaban J connectivity index is 2.56. The van der Waals surface area contributed by atoms with Crippen molar-refractivity contribution < 1.29 is 4.79 Å². The van der Waals surface area contributed by atoms with Crippen LogP contribution in [-0.4, -0.2) is 20.4 Å². The van der Waals surface area contributed by atoms with Crippen LogP contribution in [0.5, 0.6) is 0 Å². The van der Waals surface area contributed by atoms with Crippen LogP contribution >= 0.6 is 27.5 Å². The van der Waals surface area contributed by atoms with Crippen molar-refractivity contribution in [1.29, 1.82) is 0 Å². The van der Waals surface area contributed by atoms with Crippen molar-refractivity contribution in [2.45, 2.75) is 25.3 Å². The maximum Gasteiger partial charge on any atom is 0.219 e. The third kappa shape index (κ3) is 2.49. The SMILES string of the molecule is CC(CC(N)=O)n1c(CCl)nc2cc(Br)cnc21. The molecule has 0 aliphatic heterocycles. The fourth-order valence-corrected chi connectivity index (χ4v) is 2.45. The van der Waals surface area contributed by atoms with Gasteiger partial charge >= 0.3 is 0 Å². The number of halogens is 2. The molecule has 2 heterocycles. The number of amides is 1. The van der Waals surface area contributed by atoms with E-state index in [2.05, 4.69) is 25.9 Å². The fourth-order valence-electron chi connectivity index (χ4n) is 1.94. The molecule has 1 atom stereocenters. The Labute approximate surface area is 117 Å². The standard InChI is InChI=1S/C11H12BrClN4O/c1-6(2-9(14)18)17-10(4-13)16-8-3-7(12)5-15-11(8)17/h3,5-6H,2,4H2,1H3,(H2,14,18). The van der Waals surface area contributed by atoms with Gasteiger partial charge < -0.3 is 10.3 Å². The van der Waals surface area contributed by atoms with Gasteiger partial charge in [-0.2, -0.15) is 0 Å². The molecule has 1 amide bonds. The Morgan fingerprint density at radius 2 is 2.39 bits per heavy atom. The van der Waals surface area contributed by atoms with Gasteiger partial charge in [0.1, 0.15) is 11.3 Å². The van der Waals surface area contributed by atoms with E-state index in [-0.39, 0.29) is 24.2 Å². The van der Waals surface area contributed by atoms with Gasteiger partial charge in [-0.3, -0.25) is 4.79 Å². The van der Waals surface area contributed by atoms with E-state index in [0.717, 1.165) is 9.99 Å². The first kappa shape index (κ1) is 13.3. The van der Waals surface area contributed by atoms with Crippen molar-refractivity contribution in [3.63, 3.8) is 0 Å². The van der Waals surface area contributed by atoms with E-state index in [9.17, 15) is 4.79 Å². The summed E-state index contributed by atoms with van der Waals surface area (Å²) in [7, 11) is 0. The molecule has 0 aliphatic rings. The zero-order chi connectivity index (χ0) is 13.3. The van der Waals surface area contributed by atoms with Crippen LogP contribution in [0.3, 0.4) is 0 Å². The van der Waals surface area contributed by atoms with Gasteiger partial charge in [-0.25, -0.2) is 9.97 Å². The summed E-state index contributed by atoms with van der Waals surface area (Å²) in [4.78, 5) is 19.7. The van der Waals surface area contributed by atoms with E-state index in [1.165, 1.54) is 0 Å². The molecule has 2 N–H and O–H groups in total. The van der Waals surface area contributed by atoms with E-state index in [4.69, 9.17) is 17.3 Å². The number of rotatable bonds is 4. The maximum atomic E-state index is 11.0. The predicted molar refractivity (Wildman–Crippen MR) is 73.3 cm³/mol. The number of carbonyl (C=O) groups is 1. The van der Waals surface area contributed by atoms with Gasteiger partial charge in [-0.1, -0.05) is 0 Å². The van der Waals surface area contributed by atoms with Crippen molar-refractivity contribution >= 4 is 44.6 Å². The van der Waals surface area contributed by atoms with Crippen molar-refractivity contribution in [3.8, 4) is 0 Å². The molecule has 18 heavy (non-hydrogen) atoms. The summed E-state index contributed by atoms with van der Waals surface area (Å²) in [5, 5.41) is 0. The highest BCUT2D eigenvalue weighted by molar-refractivity contribution is 9.10. The Kier molecular flexibility index (Phi) is 3.87. The van der Waals surface area contributed by atoms with Crippen LogP contribution in [0, 0.1) is 0 Å². The molecule has 0 radical (unpaired) electrons. The smallest absolute Gasteiger partial charge is 0.219 e. The maximum absolute atomic E-state index is 11.0. The summed E-state index contributed by atoms with van der Waals surface area (Å²) in [6.07, 6.45) is 1.92. The number of imidazole rings is 1. The largest absolute Gasteiger partial charge is 0.370 e. The molecule has 0 saturated carbocycles. The van der Waals surface area contributed by atoms with Gasteiger partial charge in [0.05, 0.1) is 5.88 Å². The van der Waals surface area contributed by atoms with E-state index in [1.807, 2.05) is 17.6 Å². The lowest BCUT2D eigenvalue weighted by molar-refractivity contribution is -0.118. The minimum Gasteiger partial charge on any atom is -0.370 e. The van der Waals surface area contributed by atoms with Crippen molar-refractivity contribution in [2.75, 3.05) is 0 Å². The lowest BCUT2D eigenvalue weighted by atomic mass is 10.2. The highest BCUT2D eigenvalue weighted by atomic mass is 79.9. The first-order valence-corrected chi connectivity index (χ1v) is 6.72. The molecule has 2 rings (SSSR count). The second kappa shape index (κ2) is 5.24. The number of alkyl halides is 1. The molecule has 0 bridgehead atoms. The number of nitrogens with two attached hydrogens (primary N) is 1. The molecule has 0 saturated heterocycles. The molecule has 96 valence electrons. The van der Waals surface area contributed by atoms with Crippen molar-refractivity contribution in [1.82, 2.24) is 14.5 Å². The van der Waals surface area contributed by atoms with Gasteiger partial charge in [0.25, 0.3) is 0 Å². The van der Waals surface area contributed by atoms with Crippen molar-refractivity contribution in [3.05, 3.63) is 22.6 Å². The van der Waals surface area contributed by atoms with E-state index >= 15 is 0 Å². The monoisotopic (exact) mass is 330 g/mol. The number of nitrogens with zero attached hydrogens (tertiary/aromatic N) is 3. The molecule has 0 aliphatic carbocycles. The average Bonchev–Trinajstić information content (AvgIpc) is 2.65. The summed E-state index contributed by atoms with van der Waals surface area (Å²) in [6, 6.07) is 1.75. The third-order valence-electron chi connectivity index (χ3n) is 2.63. The fraction of sp³-hybridized carbons (Fsp3) is 0.364. The van der Waals surface area contributed by atoms with Gasteiger partial charge in [0, 0.05) is 23.1 Å². The number of hydrogen-bond acceptors (Lipinski definition) is 3. The van der Waals surface area contributed by atoms with Crippen molar-refractivity contribution in [2.24, 2.45) is 5.73 Å². The Morgan fingerprint density at radius 3 is 3.00 bits per heavy atom. The van der Waals surface area contributed by atoms with Crippen LogP contribution in [0.2, 0.25) is 0 Å². The van der Waals surface area contributed by atoms with Gasteiger partial charge in [-0.05, 0) is 28.9 Å². The number of carbonyl (C=O) groups excluding carboxylic acids is 1. The first-order valence-electron chi connectivity index (χ1n) is 5.39. The lowest BCUT2D eigenvalue weighted by Crippen LogP contribution is -2.18. The number of fused-ring (bicyclic) bond motifs is 1. The summed E-state index contributed by atoms with van der Waals surface area (Å²) in [6.45, 7) is 1.89. The van der Waals surface area contributed by atoms with Gasteiger partial charge in [-0.15, -0.1) is 11.6 Å². The molecule has 1 unspecified atom stereocenters. The molecule has 0 fully saturated rings. The zero-order valence-electron chi connectivity index (χ0n) is 9.73. The quantitative estimate of drug-likeness (QED) is 0.874. The molecule has 7 heteroatoms. The topological polar surface area (TPSA) is 73.8 Å². The second-order valence-electron chi connectivity index (χ2n) is 4.05. The molecule has 5 nitrogen and oxygen atoms in total. The molecule has 2 aromatic rings. The zero-order valence-corrected chi connectivity index (χ0v) is 12.1. The van der Waals surface area contributed by atoms with Crippen LogP contribution in [-0.2, 0) is 10.7 Å². The van der Waals surface area contributed by atoms with Crippen LogP contribution in [0.4, 0.5) is 0 Å². The number of hydrogen-bond donors (Lipinski definition) is 1. The van der Waals surface area contributed by atoms with Gasteiger partial charge in [0.15, 0.2) is 5.65 Å². The number of aromatic nitrogens is 3. The van der Waals surface area contributed by atoms with Crippen LogP contribution in [0.25, 0.3) is 11.2 Å². The van der Waals surface area contributed by atoms with Gasteiger partial charge in [0.2, 0.25) is 5.91 Å². The highest BCUT2D eigenvalue weighted by Crippen LogP contribution is 2.24. The second-order valence-corrected chi connectivity index (χ2v) is 5.23. The van der Waals surface area contributed by atoms with Crippen LogP contribution in [0.1, 0.15) is 25.2 Å². The van der Waals surface area contributed by atoms with Crippen LogP contribution in [0.15, 0.2) is 16.7 Å².